The van der Waals surface area contributed by atoms with Gasteiger partial charge in [0.1, 0.15) is 0 Å². The Morgan fingerprint density at radius 3 is 2.30 bits per heavy atom. The molecule has 3 rings (SSSR count). The van der Waals surface area contributed by atoms with Crippen LogP contribution >= 0.6 is 11.8 Å². The summed E-state index contributed by atoms with van der Waals surface area (Å²) < 4.78 is 29.0. The van der Waals surface area contributed by atoms with Crippen LogP contribution in [0.15, 0.2) is 30.3 Å². The molecule has 2 fully saturated rings. The normalized spacial score (nSPS) is 38.3. The molecule has 2 aliphatic rings. The van der Waals surface area contributed by atoms with Crippen molar-refractivity contribution in [1.82, 2.24) is 0 Å². The van der Waals surface area contributed by atoms with E-state index in [1.54, 1.807) is 38.1 Å². The van der Waals surface area contributed by atoms with Gasteiger partial charge >= 0.3 is 5.97 Å². The summed E-state index contributed by atoms with van der Waals surface area (Å²) in [6.07, 6.45) is -2.24. The molecule has 8 heteroatoms. The Bertz CT molecular complexity index is 726. The maximum atomic E-state index is 13.3. The van der Waals surface area contributed by atoms with Crippen LogP contribution < -0.4 is 0 Å². The smallest absolute Gasteiger partial charge is 0.339 e. The van der Waals surface area contributed by atoms with Crippen LogP contribution in [0.3, 0.4) is 0 Å². The van der Waals surface area contributed by atoms with Crippen LogP contribution in [0.5, 0.6) is 0 Å². The molecule has 0 aliphatic carbocycles. The van der Waals surface area contributed by atoms with Crippen LogP contribution in [0.4, 0.5) is 0 Å². The van der Waals surface area contributed by atoms with Gasteiger partial charge in [0.25, 0.3) is 0 Å². The Labute approximate surface area is 162 Å². The van der Waals surface area contributed by atoms with Crippen molar-refractivity contribution >= 4 is 22.8 Å². The zero-order valence-electron chi connectivity index (χ0n) is 16.0. The molecule has 148 valence electrons. The first kappa shape index (κ1) is 20.3. The number of thioether (sulfide) groups is 1. The minimum Gasteiger partial charge on any atom is -0.452 e. The first-order valence-electron chi connectivity index (χ1n) is 8.69. The van der Waals surface area contributed by atoms with Gasteiger partial charge in [-0.25, -0.2) is 4.79 Å². The molecule has 0 N–H and O–H groups in total. The number of esters is 1. The third kappa shape index (κ3) is 2.91. The second kappa shape index (κ2) is 7.18. The predicted molar refractivity (Wildman–Crippen MR) is 97.9 cm³/mol. The van der Waals surface area contributed by atoms with Crippen molar-refractivity contribution in [2.75, 3.05) is 20.0 Å². The van der Waals surface area contributed by atoms with Crippen LogP contribution in [0.2, 0.25) is 0 Å². The highest BCUT2D eigenvalue weighted by molar-refractivity contribution is 8.13. The zero-order valence-corrected chi connectivity index (χ0v) is 16.8. The molecular weight excluding hydrogens is 372 g/mol. The minimum atomic E-state index is -1.69. The van der Waals surface area contributed by atoms with Gasteiger partial charge in [0.15, 0.2) is 12.2 Å². The van der Waals surface area contributed by atoms with Crippen molar-refractivity contribution in [3.05, 3.63) is 35.9 Å². The van der Waals surface area contributed by atoms with Gasteiger partial charge < -0.3 is 23.7 Å². The fourth-order valence-electron chi connectivity index (χ4n) is 3.47. The zero-order chi connectivity index (χ0) is 19.9. The highest BCUT2D eigenvalue weighted by Gasteiger charge is 2.74. The van der Waals surface area contributed by atoms with Gasteiger partial charge in [-0.15, -0.1) is 0 Å². The lowest BCUT2D eigenvalue weighted by atomic mass is 9.86. The van der Waals surface area contributed by atoms with Crippen molar-refractivity contribution in [3.8, 4) is 0 Å². The SMILES string of the molecule is CCSC(=O)[C@]12O[C@@](C)(OC)[C@](C)(OC)O[C@H]1C(=O)O[C@@H]2c1ccccc1. The molecular formula is C19H24O7S. The first-order valence-corrected chi connectivity index (χ1v) is 9.67. The van der Waals surface area contributed by atoms with E-state index >= 15 is 0 Å². The van der Waals surface area contributed by atoms with Crippen molar-refractivity contribution in [3.63, 3.8) is 0 Å². The number of benzene rings is 1. The summed E-state index contributed by atoms with van der Waals surface area (Å²) in [5, 5.41) is -0.351. The summed E-state index contributed by atoms with van der Waals surface area (Å²) in [6.45, 7) is 5.06. The summed E-state index contributed by atoms with van der Waals surface area (Å²) in [5.41, 5.74) is -1.05. The van der Waals surface area contributed by atoms with Crippen molar-refractivity contribution in [1.29, 1.82) is 0 Å². The number of methoxy groups -OCH3 is 2. The van der Waals surface area contributed by atoms with Gasteiger partial charge in [0.2, 0.25) is 22.3 Å². The highest BCUT2D eigenvalue weighted by atomic mass is 32.2. The van der Waals surface area contributed by atoms with E-state index in [0.717, 1.165) is 11.8 Å². The van der Waals surface area contributed by atoms with Gasteiger partial charge in [-0.05, 0) is 25.2 Å². The standard InChI is InChI=1S/C19H24O7S/c1-6-27-16(21)19-13(12-10-8-7-9-11-12)24-15(20)14(19)25-17(2,22-4)18(3,23-5)26-19/h7-11,13-14H,6H2,1-5H3/t13-,14+,17-,18-,19-/m1/s1. The molecule has 2 saturated heterocycles. The average molecular weight is 396 g/mol. The Kier molecular flexibility index (Phi) is 5.39. The maximum Gasteiger partial charge on any atom is 0.339 e. The molecule has 7 nitrogen and oxygen atoms in total. The monoisotopic (exact) mass is 396 g/mol. The van der Waals surface area contributed by atoms with E-state index < -0.39 is 35.4 Å². The van der Waals surface area contributed by atoms with E-state index in [1.807, 2.05) is 13.0 Å². The van der Waals surface area contributed by atoms with Crippen LogP contribution in [-0.2, 0) is 33.3 Å². The summed E-state index contributed by atoms with van der Waals surface area (Å²) in [7, 11) is 2.85. The van der Waals surface area contributed by atoms with E-state index in [0.29, 0.717) is 11.3 Å². The van der Waals surface area contributed by atoms with E-state index in [9.17, 15) is 9.59 Å². The van der Waals surface area contributed by atoms with Crippen molar-refractivity contribution < 1.29 is 33.3 Å². The Hall–Kier alpha value is -1.45. The van der Waals surface area contributed by atoms with Gasteiger partial charge in [-0.1, -0.05) is 49.0 Å². The molecule has 1 aromatic carbocycles. The molecule has 0 bridgehead atoms. The van der Waals surface area contributed by atoms with Crippen LogP contribution in [0, 0.1) is 0 Å². The average Bonchev–Trinajstić information content (AvgIpc) is 2.95. The van der Waals surface area contributed by atoms with Crippen LogP contribution in [0.25, 0.3) is 0 Å². The van der Waals surface area contributed by atoms with Gasteiger partial charge in [-0.3, -0.25) is 4.79 Å². The molecule has 0 spiro atoms. The van der Waals surface area contributed by atoms with E-state index in [1.165, 1.54) is 14.2 Å². The summed E-state index contributed by atoms with van der Waals surface area (Å²) in [4.78, 5) is 26.0. The molecule has 2 aliphatic heterocycles. The lowest BCUT2D eigenvalue weighted by Gasteiger charge is -2.53. The van der Waals surface area contributed by atoms with Gasteiger partial charge in [-0.2, -0.15) is 0 Å². The lowest BCUT2D eigenvalue weighted by Crippen LogP contribution is -2.72. The van der Waals surface area contributed by atoms with Crippen LogP contribution in [0.1, 0.15) is 32.4 Å². The minimum absolute atomic E-state index is 0.351. The molecule has 27 heavy (non-hydrogen) atoms. The third-order valence-electron chi connectivity index (χ3n) is 5.23. The largest absolute Gasteiger partial charge is 0.452 e. The highest BCUT2D eigenvalue weighted by Crippen LogP contribution is 2.54. The number of carbonyl (C=O) groups excluding carboxylic acids is 2. The second-order valence-electron chi connectivity index (χ2n) is 6.64. The van der Waals surface area contributed by atoms with Crippen LogP contribution in [-0.4, -0.2) is 54.3 Å². The number of cyclic esters (lactones) is 1. The second-order valence-corrected chi connectivity index (χ2v) is 7.88. The number of carbonyl (C=O) groups is 2. The lowest BCUT2D eigenvalue weighted by molar-refractivity contribution is -0.454. The number of fused-ring (bicyclic) bond motifs is 1. The van der Waals surface area contributed by atoms with Gasteiger partial charge in [0, 0.05) is 14.2 Å². The molecule has 2 heterocycles. The molecule has 0 aromatic heterocycles. The number of hydrogen-bond donors (Lipinski definition) is 0. The topological polar surface area (TPSA) is 80.3 Å². The summed E-state index contributed by atoms with van der Waals surface area (Å²) >= 11 is 1.05. The molecule has 0 amide bonds. The van der Waals surface area contributed by atoms with E-state index in [-0.39, 0.29) is 5.12 Å². The number of ether oxygens (including phenoxy) is 5. The molecule has 0 unspecified atom stereocenters. The fourth-order valence-corrected chi connectivity index (χ4v) is 4.21. The Morgan fingerprint density at radius 2 is 1.74 bits per heavy atom. The molecule has 0 radical (unpaired) electrons. The molecule has 0 saturated carbocycles. The predicted octanol–water partition coefficient (Wildman–Crippen LogP) is 2.44. The molecule has 1 aromatic rings. The van der Waals surface area contributed by atoms with Crippen molar-refractivity contribution in [2.24, 2.45) is 0 Å². The number of hydrogen-bond acceptors (Lipinski definition) is 8. The first-order chi connectivity index (χ1) is 12.8. The third-order valence-corrected chi connectivity index (χ3v) is 6.10. The summed E-state index contributed by atoms with van der Waals surface area (Å²) in [5.74, 6) is -3.03. The summed E-state index contributed by atoms with van der Waals surface area (Å²) in [6, 6.07) is 9.01. The Balaban J connectivity index is 2.18. The maximum absolute atomic E-state index is 13.3. The Morgan fingerprint density at radius 1 is 1.11 bits per heavy atom. The molecule has 5 atom stereocenters. The van der Waals surface area contributed by atoms with E-state index in [4.69, 9.17) is 23.7 Å². The number of rotatable bonds is 5. The quantitative estimate of drug-likeness (QED) is 0.702. The van der Waals surface area contributed by atoms with Crippen molar-refractivity contribution in [2.45, 2.75) is 50.2 Å². The fraction of sp³-hybridized carbons (Fsp3) is 0.579. The van der Waals surface area contributed by atoms with E-state index in [2.05, 4.69) is 0 Å². The van der Waals surface area contributed by atoms with Gasteiger partial charge in [0.05, 0.1) is 0 Å².